The zero-order chi connectivity index (χ0) is 43.8. The molecule has 0 saturated carbocycles. The predicted octanol–water partition coefficient (Wildman–Crippen LogP) is 18.9. The van der Waals surface area contributed by atoms with Crippen LogP contribution in [-0.2, 0) is 16.1 Å². The molecule has 0 atom stereocenters. The Balaban J connectivity index is 2.54. The number of hydrogen-bond acceptors (Lipinski definition) is 5. The van der Waals surface area contributed by atoms with Gasteiger partial charge in [-0.25, -0.2) is 0 Å². The molecular formula is C56H104O5. The van der Waals surface area contributed by atoms with Crippen LogP contribution in [-0.4, -0.2) is 26.3 Å². The van der Waals surface area contributed by atoms with Crippen LogP contribution in [0.1, 0.15) is 296 Å². The second kappa shape index (κ2) is 47.6. The maximum Gasteiger partial charge on any atom is 0.293 e. The van der Waals surface area contributed by atoms with Crippen LogP contribution in [0.3, 0.4) is 0 Å². The van der Waals surface area contributed by atoms with Crippen LogP contribution >= 0.6 is 0 Å². The Labute approximate surface area is 380 Å². The van der Waals surface area contributed by atoms with Crippen molar-refractivity contribution < 1.29 is 23.7 Å². The summed E-state index contributed by atoms with van der Waals surface area (Å²) in [5.74, 6) is 2.17. The van der Waals surface area contributed by atoms with E-state index in [2.05, 4.69) is 20.8 Å². The SMILES string of the molecule is CCCCCCCCCCCCCCCCOc1cc(COC=O)cc(OCCCCCCCCCCCCCCCC)c1OCCCCCCCCCCCCCCCC. The standard InChI is InChI=1S/C56H104O5/c1-4-7-10-13-16-19-22-25-28-31-34-37-40-43-46-59-54-49-53(51-58-52-57)50-55(60-47-44-41-38-35-32-29-26-23-20-17-14-11-8-5-2)56(54)61-48-45-42-39-36-33-30-27-24-21-18-15-12-9-6-3/h49-50,52H,4-48,51H2,1-3H3. The average molecular weight is 857 g/mol. The van der Waals surface area contributed by atoms with Gasteiger partial charge in [-0.15, -0.1) is 0 Å². The number of ether oxygens (including phenoxy) is 4. The lowest BCUT2D eigenvalue weighted by Gasteiger charge is -2.19. The van der Waals surface area contributed by atoms with E-state index in [-0.39, 0.29) is 6.61 Å². The third-order valence-corrected chi connectivity index (χ3v) is 12.7. The normalized spacial score (nSPS) is 11.3. The van der Waals surface area contributed by atoms with E-state index in [1.54, 1.807) is 0 Å². The molecule has 5 nitrogen and oxygen atoms in total. The molecule has 1 aromatic rings. The van der Waals surface area contributed by atoms with E-state index < -0.39 is 0 Å². The van der Waals surface area contributed by atoms with Crippen LogP contribution in [0.2, 0.25) is 0 Å². The maximum atomic E-state index is 11.1. The van der Waals surface area contributed by atoms with Gasteiger partial charge in [0.1, 0.15) is 6.61 Å². The van der Waals surface area contributed by atoms with Crippen molar-refractivity contribution >= 4 is 6.47 Å². The summed E-state index contributed by atoms with van der Waals surface area (Å²) in [4.78, 5) is 11.1. The number of unbranched alkanes of at least 4 members (excludes halogenated alkanes) is 39. The van der Waals surface area contributed by atoms with E-state index in [1.807, 2.05) is 12.1 Å². The van der Waals surface area contributed by atoms with Crippen molar-refractivity contribution in [1.82, 2.24) is 0 Å². The van der Waals surface area contributed by atoms with Crippen molar-refractivity contribution in [2.75, 3.05) is 19.8 Å². The molecule has 0 saturated heterocycles. The van der Waals surface area contributed by atoms with E-state index in [9.17, 15) is 4.79 Å². The third kappa shape index (κ3) is 38.3. The van der Waals surface area contributed by atoms with Gasteiger partial charge in [0, 0.05) is 0 Å². The highest BCUT2D eigenvalue weighted by Crippen LogP contribution is 2.40. The van der Waals surface area contributed by atoms with Crippen molar-refractivity contribution in [2.45, 2.75) is 297 Å². The predicted molar refractivity (Wildman–Crippen MR) is 265 cm³/mol. The van der Waals surface area contributed by atoms with Gasteiger partial charge >= 0.3 is 0 Å². The van der Waals surface area contributed by atoms with Crippen LogP contribution in [0.4, 0.5) is 0 Å². The summed E-state index contributed by atoms with van der Waals surface area (Å²) in [5, 5.41) is 0. The average Bonchev–Trinajstić information content (AvgIpc) is 3.27. The van der Waals surface area contributed by atoms with Crippen molar-refractivity contribution in [3.8, 4) is 17.2 Å². The van der Waals surface area contributed by atoms with Crippen LogP contribution in [0.5, 0.6) is 17.2 Å². The minimum Gasteiger partial charge on any atom is -0.490 e. The molecule has 0 amide bonds. The van der Waals surface area contributed by atoms with Gasteiger partial charge in [-0.05, 0) is 37.0 Å². The molecule has 0 fully saturated rings. The number of hydrogen-bond donors (Lipinski definition) is 0. The molecule has 0 bridgehead atoms. The topological polar surface area (TPSA) is 54.0 Å². The zero-order valence-corrected chi connectivity index (χ0v) is 41.3. The minimum atomic E-state index is 0.202. The highest BCUT2D eigenvalue weighted by Gasteiger charge is 2.17. The van der Waals surface area contributed by atoms with Gasteiger partial charge in [0.25, 0.3) is 6.47 Å². The smallest absolute Gasteiger partial charge is 0.293 e. The summed E-state index contributed by atoms with van der Waals surface area (Å²) < 4.78 is 24.6. The Morgan fingerprint density at radius 3 is 0.803 bits per heavy atom. The summed E-state index contributed by atoms with van der Waals surface area (Å²) in [6.45, 7) is 9.57. The molecule has 358 valence electrons. The van der Waals surface area contributed by atoms with E-state index in [1.165, 1.54) is 250 Å². The van der Waals surface area contributed by atoms with Crippen molar-refractivity contribution in [1.29, 1.82) is 0 Å². The first-order valence-electron chi connectivity index (χ1n) is 27.4. The lowest BCUT2D eigenvalue weighted by molar-refractivity contribution is -0.129. The van der Waals surface area contributed by atoms with Crippen LogP contribution in [0.15, 0.2) is 12.1 Å². The second-order valence-corrected chi connectivity index (χ2v) is 18.7. The molecule has 0 aliphatic rings. The molecule has 5 heteroatoms. The van der Waals surface area contributed by atoms with Crippen LogP contribution < -0.4 is 14.2 Å². The Kier molecular flexibility index (Phi) is 44.5. The van der Waals surface area contributed by atoms with Gasteiger partial charge in [0.15, 0.2) is 11.5 Å². The Hall–Kier alpha value is -1.91. The number of rotatable bonds is 51. The molecule has 0 heterocycles. The molecule has 1 aromatic carbocycles. The second-order valence-electron chi connectivity index (χ2n) is 18.7. The third-order valence-electron chi connectivity index (χ3n) is 12.7. The Bertz CT molecular complexity index is 971. The zero-order valence-electron chi connectivity index (χ0n) is 41.3. The number of carbonyl (C=O) groups excluding carboxylic acids is 1. The molecule has 0 unspecified atom stereocenters. The minimum absolute atomic E-state index is 0.202. The van der Waals surface area contributed by atoms with Gasteiger partial charge in [-0.1, -0.05) is 271 Å². The van der Waals surface area contributed by atoms with E-state index >= 15 is 0 Å². The molecule has 0 aromatic heterocycles. The molecule has 0 radical (unpaired) electrons. The Morgan fingerprint density at radius 2 is 0.557 bits per heavy atom. The largest absolute Gasteiger partial charge is 0.490 e. The molecule has 1 rings (SSSR count). The van der Waals surface area contributed by atoms with E-state index in [4.69, 9.17) is 18.9 Å². The lowest BCUT2D eigenvalue weighted by atomic mass is 10.0. The van der Waals surface area contributed by atoms with Crippen molar-refractivity contribution in [2.24, 2.45) is 0 Å². The molecule has 0 N–H and O–H groups in total. The highest BCUT2D eigenvalue weighted by atomic mass is 16.5. The quantitative estimate of drug-likeness (QED) is 0.0483. The summed E-state index contributed by atoms with van der Waals surface area (Å²) in [7, 11) is 0. The van der Waals surface area contributed by atoms with Gasteiger partial charge < -0.3 is 18.9 Å². The fourth-order valence-corrected chi connectivity index (χ4v) is 8.63. The van der Waals surface area contributed by atoms with E-state index in [0.717, 1.165) is 42.1 Å². The molecule has 61 heavy (non-hydrogen) atoms. The first kappa shape index (κ1) is 57.1. The van der Waals surface area contributed by atoms with Crippen LogP contribution in [0.25, 0.3) is 0 Å². The number of benzene rings is 1. The van der Waals surface area contributed by atoms with Gasteiger partial charge in [-0.3, -0.25) is 4.79 Å². The lowest BCUT2D eigenvalue weighted by Crippen LogP contribution is -2.07. The van der Waals surface area contributed by atoms with E-state index in [0.29, 0.717) is 26.3 Å². The fraction of sp³-hybridized carbons (Fsp3) is 0.875. The maximum absolute atomic E-state index is 11.1. The summed E-state index contributed by atoms with van der Waals surface area (Å²) in [6.07, 6.45) is 56.3. The summed E-state index contributed by atoms with van der Waals surface area (Å²) in [5.41, 5.74) is 0.878. The summed E-state index contributed by atoms with van der Waals surface area (Å²) in [6, 6.07) is 3.99. The first-order chi connectivity index (χ1) is 30.3. The first-order valence-corrected chi connectivity index (χ1v) is 27.4. The van der Waals surface area contributed by atoms with Crippen molar-refractivity contribution in [3.63, 3.8) is 0 Å². The monoisotopic (exact) mass is 857 g/mol. The fourth-order valence-electron chi connectivity index (χ4n) is 8.63. The number of carbonyl (C=O) groups is 1. The van der Waals surface area contributed by atoms with Gasteiger partial charge in [0.05, 0.1) is 19.8 Å². The highest BCUT2D eigenvalue weighted by molar-refractivity contribution is 5.54. The van der Waals surface area contributed by atoms with Gasteiger partial charge in [0.2, 0.25) is 5.75 Å². The molecule has 0 spiro atoms. The van der Waals surface area contributed by atoms with Gasteiger partial charge in [-0.2, -0.15) is 0 Å². The van der Waals surface area contributed by atoms with Crippen LogP contribution in [0, 0.1) is 0 Å². The van der Waals surface area contributed by atoms with Crippen molar-refractivity contribution in [3.05, 3.63) is 17.7 Å². The molecule has 0 aliphatic carbocycles. The Morgan fingerprint density at radius 1 is 0.328 bits per heavy atom. The molecule has 0 aliphatic heterocycles. The molecular weight excluding hydrogens is 753 g/mol. The summed E-state index contributed by atoms with van der Waals surface area (Å²) >= 11 is 0.